The maximum Gasteiger partial charge on any atom is 0.232 e. The van der Waals surface area contributed by atoms with Gasteiger partial charge in [-0.3, -0.25) is 4.79 Å². The highest BCUT2D eigenvalue weighted by molar-refractivity contribution is 5.82. The molecule has 2 aromatic rings. The molecular formula is C32H45Cl2N3O. The molecule has 2 aliphatic heterocycles. The van der Waals surface area contributed by atoms with E-state index in [0.717, 1.165) is 45.3 Å². The molecule has 4 aliphatic rings. The number of quaternary nitrogens is 2. The molecule has 1 saturated carbocycles. The SMILES string of the molecule is C[NH2+]c1cccc2c1CCC[C@]21C[NH2+]C[C@H]1C(=O)N1CC[C@@H](c2ccccc2)C[C@H]1C1CCCCC1.[Cl-].[Cl-]. The third-order valence-electron chi connectivity index (χ3n) is 10.4. The van der Waals surface area contributed by atoms with Crippen LogP contribution in [0.1, 0.15) is 80.4 Å². The molecule has 2 heterocycles. The van der Waals surface area contributed by atoms with Crippen molar-refractivity contribution in [3.63, 3.8) is 0 Å². The molecule has 6 rings (SSSR count). The van der Waals surface area contributed by atoms with Gasteiger partial charge in [0.25, 0.3) is 0 Å². The predicted molar refractivity (Wildman–Crippen MR) is 144 cm³/mol. The van der Waals surface area contributed by atoms with E-state index in [2.05, 4.69) is 71.1 Å². The predicted octanol–water partition coefficient (Wildman–Crippen LogP) is -2.36. The van der Waals surface area contributed by atoms with Gasteiger partial charge in [0.2, 0.25) is 5.91 Å². The van der Waals surface area contributed by atoms with Gasteiger partial charge >= 0.3 is 0 Å². The summed E-state index contributed by atoms with van der Waals surface area (Å²) in [5.74, 6) is 1.85. The molecule has 6 heteroatoms. The van der Waals surface area contributed by atoms with Crippen molar-refractivity contribution in [3.8, 4) is 0 Å². The Hall–Kier alpha value is -1.59. The van der Waals surface area contributed by atoms with E-state index < -0.39 is 0 Å². The van der Waals surface area contributed by atoms with Crippen LogP contribution >= 0.6 is 0 Å². The van der Waals surface area contributed by atoms with Crippen molar-refractivity contribution in [3.05, 3.63) is 65.2 Å². The molecule has 38 heavy (non-hydrogen) atoms. The minimum Gasteiger partial charge on any atom is -1.00 e. The van der Waals surface area contributed by atoms with Crippen LogP contribution in [0.15, 0.2) is 48.5 Å². The van der Waals surface area contributed by atoms with Crippen LogP contribution in [-0.2, 0) is 16.6 Å². The number of nitrogens with two attached hydrogens (primary N) is 2. The number of carbonyl (C=O) groups excluding carboxylic acids is 1. The number of rotatable bonds is 4. The highest BCUT2D eigenvalue weighted by Gasteiger charge is 2.55. The minimum absolute atomic E-state index is 0. The number of nitrogens with zero attached hydrogens (tertiary/aromatic N) is 1. The monoisotopic (exact) mass is 557 g/mol. The number of benzene rings is 2. The summed E-state index contributed by atoms with van der Waals surface area (Å²) in [6, 6.07) is 18.4. The lowest BCUT2D eigenvalue weighted by Gasteiger charge is -2.47. The lowest BCUT2D eigenvalue weighted by molar-refractivity contribution is -0.640. The molecule has 2 aliphatic carbocycles. The fourth-order valence-corrected chi connectivity index (χ4v) is 8.59. The van der Waals surface area contributed by atoms with Crippen LogP contribution in [-0.4, -0.2) is 43.5 Å². The van der Waals surface area contributed by atoms with Gasteiger partial charge in [0, 0.05) is 18.2 Å². The Morgan fingerprint density at radius 3 is 2.53 bits per heavy atom. The zero-order chi connectivity index (χ0) is 24.5. The first-order valence-electron chi connectivity index (χ1n) is 14.8. The lowest BCUT2D eigenvalue weighted by Crippen LogP contribution is -3.00. The Morgan fingerprint density at radius 1 is 0.974 bits per heavy atom. The number of fused-ring (bicyclic) bond motifs is 2. The zero-order valence-electron chi connectivity index (χ0n) is 22.9. The lowest BCUT2D eigenvalue weighted by atomic mass is 9.63. The Bertz CT molecular complexity index is 1070. The Kier molecular flexibility index (Phi) is 9.84. The van der Waals surface area contributed by atoms with Crippen molar-refractivity contribution in [2.24, 2.45) is 11.8 Å². The average Bonchev–Trinajstić information content (AvgIpc) is 3.37. The molecule has 1 spiro atoms. The van der Waals surface area contributed by atoms with Crippen molar-refractivity contribution in [2.75, 3.05) is 26.7 Å². The van der Waals surface area contributed by atoms with Gasteiger partial charge < -0.3 is 40.3 Å². The van der Waals surface area contributed by atoms with Crippen molar-refractivity contribution < 1.29 is 40.2 Å². The van der Waals surface area contributed by atoms with Gasteiger partial charge in [0.1, 0.15) is 11.6 Å². The van der Waals surface area contributed by atoms with Gasteiger partial charge in [0.15, 0.2) is 0 Å². The second kappa shape index (κ2) is 12.7. The quantitative estimate of drug-likeness (QED) is 0.406. The van der Waals surface area contributed by atoms with Crippen LogP contribution in [0.25, 0.3) is 0 Å². The van der Waals surface area contributed by atoms with E-state index in [9.17, 15) is 4.79 Å². The second-order valence-corrected chi connectivity index (χ2v) is 12.1. The summed E-state index contributed by atoms with van der Waals surface area (Å²) in [4.78, 5) is 17.1. The molecule has 4 nitrogen and oxygen atoms in total. The molecule has 4 N–H and O–H groups in total. The van der Waals surface area contributed by atoms with Crippen molar-refractivity contribution in [2.45, 2.75) is 81.6 Å². The normalized spacial score (nSPS) is 29.3. The first kappa shape index (κ1) is 29.4. The van der Waals surface area contributed by atoms with E-state index in [1.165, 1.54) is 60.9 Å². The fourth-order valence-electron chi connectivity index (χ4n) is 8.59. The van der Waals surface area contributed by atoms with E-state index >= 15 is 0 Å². The summed E-state index contributed by atoms with van der Waals surface area (Å²) in [6.07, 6.45) is 12.4. The second-order valence-electron chi connectivity index (χ2n) is 12.1. The molecule has 4 atom stereocenters. The van der Waals surface area contributed by atoms with Crippen molar-refractivity contribution in [1.82, 2.24) is 4.90 Å². The van der Waals surface area contributed by atoms with Gasteiger partial charge in [-0.1, -0.05) is 61.7 Å². The Balaban J connectivity index is 0.00000168. The molecule has 208 valence electrons. The van der Waals surface area contributed by atoms with Gasteiger partial charge in [-0.2, -0.15) is 0 Å². The number of hydrogen-bond donors (Lipinski definition) is 2. The van der Waals surface area contributed by atoms with E-state index in [4.69, 9.17) is 0 Å². The maximum absolute atomic E-state index is 14.6. The van der Waals surface area contributed by atoms with Gasteiger partial charge in [-0.05, 0) is 74.0 Å². The van der Waals surface area contributed by atoms with Crippen LogP contribution < -0.4 is 35.4 Å². The minimum atomic E-state index is 0. The molecule has 0 unspecified atom stereocenters. The summed E-state index contributed by atoms with van der Waals surface area (Å²) in [6.45, 7) is 2.95. The number of hydrogen-bond acceptors (Lipinski definition) is 1. The third-order valence-corrected chi connectivity index (χ3v) is 10.4. The van der Waals surface area contributed by atoms with Crippen LogP contribution in [0, 0.1) is 11.8 Å². The summed E-state index contributed by atoms with van der Waals surface area (Å²) in [7, 11) is 2.16. The highest BCUT2D eigenvalue weighted by Crippen LogP contribution is 2.47. The van der Waals surface area contributed by atoms with Crippen LogP contribution in [0.5, 0.6) is 0 Å². The zero-order valence-corrected chi connectivity index (χ0v) is 24.4. The summed E-state index contributed by atoms with van der Waals surface area (Å²) in [5.41, 5.74) is 5.88. The van der Waals surface area contributed by atoms with Crippen LogP contribution in [0.2, 0.25) is 0 Å². The number of piperidine rings is 1. The van der Waals surface area contributed by atoms with Gasteiger partial charge in [-0.15, -0.1) is 0 Å². The molecular weight excluding hydrogens is 513 g/mol. The molecule has 0 bridgehead atoms. The molecule has 2 aromatic carbocycles. The topological polar surface area (TPSA) is 53.5 Å². The van der Waals surface area contributed by atoms with E-state index in [0.29, 0.717) is 23.8 Å². The molecule has 0 aromatic heterocycles. The first-order valence-corrected chi connectivity index (χ1v) is 14.8. The number of likely N-dealkylation sites (tertiary alicyclic amines) is 1. The third kappa shape index (κ3) is 5.27. The van der Waals surface area contributed by atoms with E-state index in [1.54, 1.807) is 0 Å². The fraction of sp³-hybridized carbons (Fsp3) is 0.594. The van der Waals surface area contributed by atoms with Gasteiger partial charge in [-0.25, -0.2) is 0 Å². The average molecular weight is 559 g/mol. The van der Waals surface area contributed by atoms with Crippen molar-refractivity contribution in [1.29, 1.82) is 0 Å². The molecule has 1 amide bonds. The first-order chi connectivity index (χ1) is 17.7. The highest BCUT2D eigenvalue weighted by atomic mass is 35.5. The molecule has 3 fully saturated rings. The van der Waals surface area contributed by atoms with Crippen LogP contribution in [0.3, 0.4) is 0 Å². The van der Waals surface area contributed by atoms with E-state index in [1.807, 2.05) is 0 Å². The smallest absolute Gasteiger partial charge is 0.232 e. The van der Waals surface area contributed by atoms with Crippen LogP contribution in [0.4, 0.5) is 5.69 Å². The van der Waals surface area contributed by atoms with Gasteiger partial charge in [0.05, 0.1) is 25.6 Å². The van der Waals surface area contributed by atoms with E-state index in [-0.39, 0.29) is 36.1 Å². The maximum atomic E-state index is 14.6. The summed E-state index contributed by atoms with van der Waals surface area (Å²) < 4.78 is 0. The number of halogens is 2. The molecule has 0 radical (unpaired) electrons. The molecule has 2 saturated heterocycles. The summed E-state index contributed by atoms with van der Waals surface area (Å²) in [5, 5.41) is 4.72. The van der Waals surface area contributed by atoms with Crippen molar-refractivity contribution >= 4 is 11.6 Å². The number of carbonyl (C=O) groups is 1. The Morgan fingerprint density at radius 2 is 1.76 bits per heavy atom. The largest absolute Gasteiger partial charge is 1.00 e. The number of amides is 1. The standard InChI is InChI=1S/C32H43N3O.2ClH/c1-33-29-16-8-15-27-26(29)14-9-18-32(27)22-34-21-28(32)31(36)35-19-17-25(23-10-4-2-5-11-23)20-30(35)24-12-6-3-7-13-24;;/h2,4-5,8,10-11,15-16,24-25,28,30,33-34H,3,6-7,9,12-14,17-22H2,1H3;2*1H/t25-,28+,30+,32+;;/m1../s1. The Labute approximate surface area is 241 Å². The summed E-state index contributed by atoms with van der Waals surface area (Å²) >= 11 is 0.